The van der Waals surface area contributed by atoms with Crippen LogP contribution in [0.25, 0.3) is 86.2 Å². The Labute approximate surface area is 567 Å². The molecule has 0 aromatic heterocycles. The maximum absolute atomic E-state index is 3.94. The molecule has 0 aliphatic heterocycles. The van der Waals surface area contributed by atoms with Crippen molar-refractivity contribution in [2.24, 2.45) is 0 Å². The predicted molar refractivity (Wildman–Crippen MR) is 412 cm³/mol. The summed E-state index contributed by atoms with van der Waals surface area (Å²) in [5, 5.41) is 20.1. The van der Waals surface area contributed by atoms with Gasteiger partial charge in [0.1, 0.15) is 0 Å². The first-order valence-corrected chi connectivity index (χ1v) is 35.6. The van der Waals surface area contributed by atoms with Gasteiger partial charge >= 0.3 is 0 Å². The lowest BCUT2D eigenvalue weighted by molar-refractivity contribution is 0.802. The second kappa shape index (κ2) is 27.8. The van der Waals surface area contributed by atoms with Gasteiger partial charge < -0.3 is 0 Å². The van der Waals surface area contributed by atoms with Crippen molar-refractivity contribution in [3.8, 4) is 47.4 Å². The van der Waals surface area contributed by atoms with E-state index in [0.29, 0.717) is 0 Å². The molecular weight excluding hydrogens is 1150 g/mol. The molecule has 14 aromatic rings. The van der Waals surface area contributed by atoms with Crippen LogP contribution in [-0.4, -0.2) is 0 Å². The molecule has 0 nitrogen and oxygen atoms in total. The van der Waals surface area contributed by atoms with Crippen LogP contribution < -0.4 is 0 Å². The van der Waals surface area contributed by atoms with Gasteiger partial charge in [-0.2, -0.15) is 0 Å². The Morgan fingerprint density at radius 2 is 0.365 bits per heavy atom. The Bertz CT molecular complexity index is 4740. The number of hydrogen-bond acceptors (Lipinski definition) is 0. The van der Waals surface area contributed by atoms with Crippen molar-refractivity contribution < 1.29 is 0 Å². The van der Waals surface area contributed by atoms with E-state index in [1.54, 1.807) is 0 Å². The van der Waals surface area contributed by atoms with Crippen LogP contribution in [0.4, 0.5) is 0 Å². The molecule has 0 saturated carbocycles. The van der Waals surface area contributed by atoms with Gasteiger partial charge in [0.2, 0.25) is 0 Å². The molecule has 96 heavy (non-hydrogen) atoms. The third-order valence-corrected chi connectivity index (χ3v) is 20.6. The van der Waals surface area contributed by atoms with Crippen molar-refractivity contribution in [1.29, 1.82) is 0 Å². The van der Waals surface area contributed by atoms with Gasteiger partial charge in [-0.1, -0.05) is 295 Å². The minimum absolute atomic E-state index is 0.724. The van der Waals surface area contributed by atoms with Crippen molar-refractivity contribution >= 4 is 86.2 Å². The molecule has 4 aliphatic carbocycles. The first-order valence-electron chi connectivity index (χ1n) is 35.6. The lowest BCUT2D eigenvalue weighted by atomic mass is 9.86. The highest BCUT2D eigenvalue weighted by atomic mass is 14.2. The van der Waals surface area contributed by atoms with E-state index in [-0.39, 0.29) is 0 Å². The van der Waals surface area contributed by atoms with Crippen LogP contribution in [0.3, 0.4) is 0 Å². The van der Waals surface area contributed by atoms with Gasteiger partial charge in [-0.25, -0.2) is 0 Å². The highest BCUT2D eigenvalue weighted by Gasteiger charge is 2.21. The fourth-order valence-corrected chi connectivity index (χ4v) is 15.6. The predicted octanol–water partition coefficient (Wildman–Crippen LogP) is 23.8. The molecule has 0 heterocycles. The monoisotopic (exact) mass is 1230 g/mol. The van der Waals surface area contributed by atoms with Crippen molar-refractivity contribution in [2.45, 2.75) is 130 Å². The molecule has 464 valence electrons. The summed E-state index contributed by atoms with van der Waals surface area (Å²) < 4.78 is 0. The Morgan fingerprint density at radius 1 is 0.208 bits per heavy atom. The second-order valence-corrected chi connectivity index (χ2v) is 26.5. The van der Waals surface area contributed by atoms with Crippen LogP contribution in [0.5, 0.6) is 0 Å². The van der Waals surface area contributed by atoms with Crippen molar-refractivity contribution in [1.82, 2.24) is 0 Å². The molecule has 0 radical (unpaired) electrons. The van der Waals surface area contributed by atoms with E-state index < -0.39 is 0 Å². The Hall–Kier alpha value is -10.6. The van der Waals surface area contributed by atoms with Gasteiger partial charge in [-0.3, -0.25) is 0 Å². The van der Waals surface area contributed by atoms with E-state index in [0.717, 1.165) is 147 Å². The molecule has 0 atom stereocenters. The first kappa shape index (κ1) is 61.6. The molecule has 14 aromatic carbocycles. The van der Waals surface area contributed by atoms with Crippen molar-refractivity contribution in [3.05, 3.63) is 307 Å². The number of hydrogen-bond donors (Lipinski definition) is 0. The quantitative estimate of drug-likeness (QED) is 0.0845. The largest absolute Gasteiger partial charge is 0.0654 e. The number of unbranched alkanes of at least 4 members (excludes halogenated alkanes) is 4. The SMILES string of the molecule is CCCCc1c2ccccc2c(C#Cc2cc3c(C#Cc4c5ccccc5c(CCCC)c5ccccc45)cc2CCc2cc(C#Cc4c5ccccc5c(CCCC)c5ccccc45)c(cc2C#Cc2c4ccccc4c(CCCC)c4ccccc24)CC3)c2ccccc12. The molecule has 0 amide bonds. The smallest absolute Gasteiger partial charge is 0.0406 e. The van der Waals surface area contributed by atoms with E-state index in [1.165, 1.54) is 131 Å². The molecule has 0 heteroatoms. The van der Waals surface area contributed by atoms with Gasteiger partial charge in [0.25, 0.3) is 0 Å². The van der Waals surface area contributed by atoms with Crippen LogP contribution in [0.15, 0.2) is 218 Å². The summed E-state index contributed by atoms with van der Waals surface area (Å²) in [5.74, 6) is 31.5. The van der Waals surface area contributed by atoms with Gasteiger partial charge in [-0.15, -0.1) is 0 Å². The maximum Gasteiger partial charge on any atom is 0.0406 e. The molecule has 4 bridgehead atoms. The van der Waals surface area contributed by atoms with Crippen molar-refractivity contribution in [3.63, 3.8) is 0 Å². The normalized spacial score (nSPS) is 12.0. The summed E-state index contributed by atoms with van der Waals surface area (Å²) in [4.78, 5) is 0. The van der Waals surface area contributed by atoms with E-state index in [4.69, 9.17) is 0 Å². The van der Waals surface area contributed by atoms with E-state index in [2.05, 4.69) is 293 Å². The summed E-state index contributed by atoms with van der Waals surface area (Å²) in [7, 11) is 0. The number of rotatable bonds is 12. The van der Waals surface area contributed by atoms with Crippen LogP contribution in [0.1, 0.15) is 168 Å². The third-order valence-electron chi connectivity index (χ3n) is 20.6. The molecule has 0 saturated heterocycles. The lowest BCUT2D eigenvalue weighted by Gasteiger charge is -2.17. The topological polar surface area (TPSA) is 0 Å². The van der Waals surface area contributed by atoms with Gasteiger partial charge in [0, 0.05) is 44.5 Å². The molecular formula is C96H80. The standard InChI is InChI=1S/C96H80/c1-5-9-29-73-77-33-13-21-41-85(77)93(86-42-22-14-34-78(73)86)57-53-69-61-66-51-52-68-64-71(55-59-95-89-45-25-17-37-81(89)75(31-11-7-3)82-38-18-26-46-90(82)95)67(63-72(68)56-60-96-91-47-27-19-39-83(91)76(32-12-8-4)84-40-20-28-48-92(84)96)50-49-65(69)62-70(66)54-58-94-87-43-23-15-35-79(87)74(30-10-6-2)80-36-16-24-44-88(80)94/h13-28,33-48,61-64H,5-12,29-32,49-52H2,1-4H3. The molecule has 0 unspecified atom stereocenters. The fourth-order valence-electron chi connectivity index (χ4n) is 15.6. The maximum atomic E-state index is 3.94. The Balaban J connectivity index is 0.950. The highest BCUT2D eigenvalue weighted by molar-refractivity contribution is 6.11. The molecule has 18 rings (SSSR count). The lowest BCUT2D eigenvalue weighted by Crippen LogP contribution is -2.07. The minimum atomic E-state index is 0.724. The van der Waals surface area contributed by atoms with Crippen molar-refractivity contribution in [2.75, 3.05) is 0 Å². The van der Waals surface area contributed by atoms with E-state index in [1.807, 2.05) is 0 Å². The summed E-state index contributed by atoms with van der Waals surface area (Å²) in [5.41, 5.74) is 19.0. The van der Waals surface area contributed by atoms with Gasteiger partial charge in [-0.05, 0) is 232 Å². The van der Waals surface area contributed by atoms with E-state index in [9.17, 15) is 0 Å². The second-order valence-electron chi connectivity index (χ2n) is 26.5. The number of fused-ring (bicyclic) bond motifs is 8. The number of benzene rings is 14. The van der Waals surface area contributed by atoms with Gasteiger partial charge in [0.05, 0.1) is 0 Å². The van der Waals surface area contributed by atoms with Crippen LogP contribution in [-0.2, 0) is 51.4 Å². The number of aryl methyl sites for hydroxylation is 8. The third kappa shape index (κ3) is 11.8. The van der Waals surface area contributed by atoms with Gasteiger partial charge in [0.15, 0.2) is 0 Å². The van der Waals surface area contributed by atoms with Crippen LogP contribution >= 0.6 is 0 Å². The Morgan fingerprint density at radius 3 is 0.521 bits per heavy atom. The summed E-state index contributed by atoms with van der Waals surface area (Å²) >= 11 is 0. The van der Waals surface area contributed by atoms with Crippen LogP contribution in [0, 0.1) is 47.4 Å². The highest BCUT2D eigenvalue weighted by Crippen LogP contribution is 2.39. The zero-order valence-electron chi connectivity index (χ0n) is 56.1. The van der Waals surface area contributed by atoms with E-state index >= 15 is 0 Å². The average Bonchev–Trinajstić information content (AvgIpc) is 0.790. The molecule has 0 fully saturated rings. The summed E-state index contributed by atoms with van der Waals surface area (Å²) in [6.07, 6.45) is 16.2. The first-order chi connectivity index (χ1) is 47.5. The summed E-state index contributed by atoms with van der Waals surface area (Å²) in [6.45, 7) is 9.15. The zero-order valence-corrected chi connectivity index (χ0v) is 56.1. The van der Waals surface area contributed by atoms with Crippen LogP contribution in [0.2, 0.25) is 0 Å². The fraction of sp³-hybridized carbons (Fsp3) is 0.208. The molecule has 4 aliphatic rings. The molecule has 0 spiro atoms. The minimum Gasteiger partial charge on any atom is -0.0654 e. The zero-order chi connectivity index (χ0) is 64.9. The Kier molecular flexibility index (Phi) is 17.8. The average molecular weight is 1230 g/mol. The molecule has 0 N–H and O–H groups in total. The summed E-state index contributed by atoms with van der Waals surface area (Å²) in [6, 6.07) is 81.4.